The smallest absolute Gasteiger partial charge is 0.410 e. The van der Waals surface area contributed by atoms with Gasteiger partial charge in [-0.3, -0.25) is 9.10 Å². The maximum absolute atomic E-state index is 13.6. The second-order valence-corrected chi connectivity index (χ2v) is 17.5. The first-order valence-electron chi connectivity index (χ1n) is 15.7. The van der Waals surface area contributed by atoms with Gasteiger partial charge in [0.05, 0.1) is 22.4 Å². The summed E-state index contributed by atoms with van der Waals surface area (Å²) < 4.78 is 59.4. The van der Waals surface area contributed by atoms with Crippen LogP contribution in [0, 0.1) is 11.8 Å². The topological polar surface area (TPSA) is 133 Å². The van der Waals surface area contributed by atoms with E-state index in [4.69, 9.17) is 4.74 Å². The number of ether oxygens (including phenoxy) is 1. The largest absolute Gasteiger partial charge is 0.444 e. The van der Waals surface area contributed by atoms with Gasteiger partial charge < -0.3 is 15.0 Å². The number of nitrogens with one attached hydrogen (secondary N) is 1. The van der Waals surface area contributed by atoms with E-state index in [1.807, 2.05) is 6.08 Å². The quantitative estimate of drug-likeness (QED) is 0.409. The molecule has 2 heterocycles. The van der Waals surface area contributed by atoms with Gasteiger partial charge in [-0.25, -0.2) is 21.6 Å². The molecule has 1 saturated carbocycles. The van der Waals surface area contributed by atoms with Crippen LogP contribution in [0.25, 0.3) is 6.08 Å². The van der Waals surface area contributed by atoms with Crippen LogP contribution in [0.5, 0.6) is 0 Å². The highest BCUT2D eigenvalue weighted by Gasteiger charge is 2.35. The van der Waals surface area contributed by atoms with Crippen molar-refractivity contribution in [3.63, 3.8) is 0 Å². The molecule has 2 saturated heterocycles. The number of anilines is 2. The second kappa shape index (κ2) is 13.0. The summed E-state index contributed by atoms with van der Waals surface area (Å²) >= 11 is 0. The predicted octanol–water partition coefficient (Wildman–Crippen LogP) is 5.17. The van der Waals surface area contributed by atoms with Gasteiger partial charge in [0.1, 0.15) is 5.60 Å². The molecule has 2 aromatic rings. The molecule has 0 radical (unpaired) electrons. The van der Waals surface area contributed by atoms with Gasteiger partial charge >= 0.3 is 6.09 Å². The van der Waals surface area contributed by atoms with Gasteiger partial charge in [-0.05, 0) is 93.0 Å². The van der Waals surface area contributed by atoms with E-state index in [0.717, 1.165) is 34.9 Å². The van der Waals surface area contributed by atoms with Crippen LogP contribution >= 0.6 is 0 Å². The number of likely N-dealkylation sites (tertiary alicyclic amines) is 1. The van der Waals surface area contributed by atoms with E-state index in [0.29, 0.717) is 43.3 Å². The van der Waals surface area contributed by atoms with Crippen LogP contribution in [0.1, 0.15) is 68.8 Å². The lowest BCUT2D eigenvalue weighted by Crippen LogP contribution is -2.46. The Bertz CT molecular complexity index is 1710. The fourth-order valence-corrected chi connectivity index (χ4v) is 8.05. The molecule has 5 rings (SSSR count). The fraction of sp³-hybridized carbons (Fsp3) is 0.515. The lowest BCUT2D eigenvalue weighted by Gasteiger charge is -2.39. The molecule has 3 aliphatic rings. The Hall–Kier alpha value is -3.42. The Morgan fingerprint density at radius 2 is 1.54 bits per heavy atom. The number of carbonyl (C=O) groups excluding carboxylic acids is 2. The fourth-order valence-electron chi connectivity index (χ4n) is 6.06. The maximum Gasteiger partial charge on any atom is 0.410 e. The van der Waals surface area contributed by atoms with Crippen LogP contribution < -0.4 is 9.62 Å². The number of piperidine rings is 1. The number of rotatable bonds is 8. The molecule has 250 valence electrons. The number of carbonyl (C=O) groups is 2. The summed E-state index contributed by atoms with van der Waals surface area (Å²) in [6.07, 6.45) is 8.08. The number of amides is 2. The van der Waals surface area contributed by atoms with E-state index in [9.17, 15) is 26.4 Å². The van der Waals surface area contributed by atoms with Crippen molar-refractivity contribution in [1.29, 1.82) is 0 Å². The minimum Gasteiger partial charge on any atom is -0.444 e. The van der Waals surface area contributed by atoms with E-state index in [2.05, 4.69) is 5.32 Å². The molecule has 0 spiro atoms. The van der Waals surface area contributed by atoms with Crippen LogP contribution in [0.15, 0.2) is 52.9 Å². The molecular formula is C33H44N4O7S2. The lowest BCUT2D eigenvalue weighted by atomic mass is 9.72. The van der Waals surface area contributed by atoms with Crippen molar-refractivity contribution in [2.24, 2.45) is 11.8 Å². The van der Waals surface area contributed by atoms with Gasteiger partial charge in [0.15, 0.2) is 0 Å². The molecule has 0 atom stereocenters. The summed E-state index contributed by atoms with van der Waals surface area (Å²) in [4.78, 5) is 27.6. The monoisotopic (exact) mass is 672 g/mol. The normalized spacial score (nSPS) is 18.4. The van der Waals surface area contributed by atoms with Crippen LogP contribution in [0.3, 0.4) is 0 Å². The Morgan fingerprint density at radius 3 is 2.09 bits per heavy atom. The zero-order valence-corrected chi connectivity index (χ0v) is 28.8. The zero-order chi connectivity index (χ0) is 33.4. The molecule has 0 aromatic heterocycles. The van der Waals surface area contributed by atoms with Crippen molar-refractivity contribution in [1.82, 2.24) is 9.21 Å². The highest BCUT2D eigenvalue weighted by atomic mass is 32.2. The molecule has 2 aliphatic heterocycles. The van der Waals surface area contributed by atoms with Gasteiger partial charge in [-0.1, -0.05) is 31.4 Å². The van der Waals surface area contributed by atoms with Gasteiger partial charge in [0.25, 0.3) is 5.91 Å². The lowest BCUT2D eigenvalue weighted by molar-refractivity contribution is 0.0216. The molecule has 11 nitrogen and oxygen atoms in total. The summed E-state index contributed by atoms with van der Waals surface area (Å²) in [6, 6.07) is 10.9. The van der Waals surface area contributed by atoms with E-state index >= 15 is 0 Å². The van der Waals surface area contributed by atoms with Gasteiger partial charge in [0, 0.05) is 38.9 Å². The summed E-state index contributed by atoms with van der Waals surface area (Å²) in [5.41, 5.74) is 1.70. The van der Waals surface area contributed by atoms with E-state index in [1.54, 1.807) is 48.2 Å². The second-order valence-electron chi connectivity index (χ2n) is 13.6. The SMILES string of the molecule is CN(c1ccc(C=C2CN(C(=O)OC(C)(C)C)C2)cc1C(=O)Nc1ccc(S(=O)(=O)N2CCC(C3CCC3)CC2)cc1)S(C)(=O)=O. The van der Waals surface area contributed by atoms with E-state index < -0.39 is 37.6 Å². The Labute approximate surface area is 272 Å². The molecule has 1 N–H and O–H groups in total. The molecule has 2 aromatic carbocycles. The van der Waals surface area contributed by atoms with Crippen LogP contribution in [0.4, 0.5) is 16.2 Å². The zero-order valence-electron chi connectivity index (χ0n) is 27.2. The average molecular weight is 673 g/mol. The number of nitrogens with zero attached hydrogens (tertiary/aromatic N) is 3. The first-order valence-corrected chi connectivity index (χ1v) is 19.0. The number of sulfonamides is 2. The van der Waals surface area contributed by atoms with E-state index in [1.165, 1.54) is 50.6 Å². The van der Waals surface area contributed by atoms with Crippen molar-refractivity contribution < 1.29 is 31.2 Å². The number of hydrogen-bond donors (Lipinski definition) is 1. The third-order valence-electron chi connectivity index (χ3n) is 8.98. The van der Waals surface area contributed by atoms with Crippen molar-refractivity contribution in [2.45, 2.75) is 63.4 Å². The summed E-state index contributed by atoms with van der Waals surface area (Å²) in [7, 11) is -5.96. The highest BCUT2D eigenvalue weighted by molar-refractivity contribution is 7.92. The minimum absolute atomic E-state index is 0.122. The van der Waals surface area contributed by atoms with Crippen molar-refractivity contribution >= 4 is 49.5 Å². The first kappa shape index (κ1) is 33.9. The number of benzene rings is 2. The summed E-state index contributed by atoms with van der Waals surface area (Å²) in [5.74, 6) is 0.804. The first-order chi connectivity index (χ1) is 21.5. The summed E-state index contributed by atoms with van der Waals surface area (Å²) in [6.45, 7) is 7.22. The molecular weight excluding hydrogens is 629 g/mol. The predicted molar refractivity (Wildman–Crippen MR) is 179 cm³/mol. The third kappa shape index (κ3) is 7.75. The van der Waals surface area contributed by atoms with Crippen molar-refractivity contribution in [2.75, 3.05) is 49.1 Å². The third-order valence-corrected chi connectivity index (χ3v) is 12.1. The Kier molecular flexibility index (Phi) is 9.59. The standard InChI is InChI=1S/C33H44N4O7S2/c1-33(2,3)44-32(39)36-21-24(22-36)19-23-9-14-30(35(4)45(5,40)41)29(20-23)31(38)34-27-10-12-28(13-11-27)46(42,43)37-17-15-26(16-18-37)25-7-6-8-25/h9-14,19-20,25-26H,6-8,15-18,21-22H2,1-5H3,(H,34,38). The molecule has 0 unspecified atom stereocenters. The van der Waals surface area contributed by atoms with Crippen LogP contribution in [-0.2, 0) is 24.8 Å². The van der Waals surface area contributed by atoms with Gasteiger partial charge in [-0.2, -0.15) is 4.31 Å². The van der Waals surface area contributed by atoms with Crippen molar-refractivity contribution in [3.8, 4) is 0 Å². The van der Waals surface area contributed by atoms with E-state index in [-0.39, 0.29) is 16.1 Å². The molecule has 2 amide bonds. The van der Waals surface area contributed by atoms with Crippen molar-refractivity contribution in [3.05, 3.63) is 59.2 Å². The van der Waals surface area contributed by atoms with Crippen LogP contribution in [0.2, 0.25) is 0 Å². The Balaban J connectivity index is 1.29. The minimum atomic E-state index is -3.68. The Morgan fingerprint density at radius 1 is 0.935 bits per heavy atom. The molecule has 3 fully saturated rings. The van der Waals surface area contributed by atoms with Gasteiger partial charge in [-0.15, -0.1) is 0 Å². The average Bonchev–Trinajstić information content (AvgIpc) is 2.92. The molecule has 46 heavy (non-hydrogen) atoms. The molecule has 1 aliphatic carbocycles. The molecule has 0 bridgehead atoms. The molecule has 13 heteroatoms. The summed E-state index contributed by atoms with van der Waals surface area (Å²) in [5, 5.41) is 2.79. The maximum atomic E-state index is 13.6. The van der Waals surface area contributed by atoms with Crippen LogP contribution in [-0.4, -0.2) is 83.1 Å². The van der Waals surface area contributed by atoms with Gasteiger partial charge in [0.2, 0.25) is 20.0 Å². The number of hydrogen-bond acceptors (Lipinski definition) is 7. The highest BCUT2D eigenvalue weighted by Crippen LogP contribution is 2.39.